The molecule has 0 aliphatic rings. The third kappa shape index (κ3) is 4.17. The average Bonchev–Trinajstić information content (AvgIpc) is 3.38. The summed E-state index contributed by atoms with van der Waals surface area (Å²) in [6.07, 6.45) is 4.69. The third-order valence-electron chi connectivity index (χ3n) is 4.34. The van der Waals surface area contributed by atoms with Gasteiger partial charge < -0.3 is 15.1 Å². The molecule has 0 saturated heterocycles. The van der Waals surface area contributed by atoms with Gasteiger partial charge in [-0.3, -0.25) is 9.48 Å². The zero-order valence-electron chi connectivity index (χ0n) is 16.3. The Bertz CT molecular complexity index is 1180. The molecule has 0 unspecified atom stereocenters. The average molecular weight is 407 g/mol. The largest absolute Gasteiger partial charge is 0.440 e. The van der Waals surface area contributed by atoms with E-state index in [0.717, 1.165) is 16.9 Å². The summed E-state index contributed by atoms with van der Waals surface area (Å²) < 4.78 is 20.0. The first-order valence-corrected chi connectivity index (χ1v) is 9.07. The number of hydrogen-bond acceptors (Lipinski definition) is 7. The summed E-state index contributed by atoms with van der Waals surface area (Å²) in [6, 6.07) is 7.65. The zero-order valence-corrected chi connectivity index (χ0v) is 16.3. The van der Waals surface area contributed by atoms with E-state index in [-0.39, 0.29) is 18.3 Å². The molecule has 0 fully saturated rings. The summed E-state index contributed by atoms with van der Waals surface area (Å²) in [6.45, 7) is 2.06. The Morgan fingerprint density at radius 2 is 2.00 bits per heavy atom. The number of benzene rings is 1. The Morgan fingerprint density at radius 1 is 1.20 bits per heavy atom. The van der Waals surface area contributed by atoms with E-state index in [1.54, 1.807) is 42.3 Å². The number of nitrogens with zero attached hydrogens (tertiary/aromatic N) is 5. The Labute approximate surface area is 171 Å². The van der Waals surface area contributed by atoms with E-state index in [0.29, 0.717) is 17.3 Å². The highest BCUT2D eigenvalue weighted by molar-refractivity contribution is 5.90. The molecule has 0 radical (unpaired) electrons. The summed E-state index contributed by atoms with van der Waals surface area (Å²) in [5.74, 6) is 0.187. The van der Waals surface area contributed by atoms with Crippen molar-refractivity contribution in [3.63, 3.8) is 0 Å². The van der Waals surface area contributed by atoms with Crippen molar-refractivity contribution in [1.82, 2.24) is 30.0 Å². The maximum absolute atomic E-state index is 13.0. The second-order valence-electron chi connectivity index (χ2n) is 6.54. The molecule has 4 rings (SSSR count). The van der Waals surface area contributed by atoms with Gasteiger partial charge in [-0.15, -0.1) is 0 Å². The van der Waals surface area contributed by atoms with Gasteiger partial charge >= 0.3 is 5.91 Å². The van der Waals surface area contributed by atoms with Crippen molar-refractivity contribution >= 4 is 17.7 Å². The van der Waals surface area contributed by atoms with Crippen LogP contribution >= 0.6 is 0 Å². The Morgan fingerprint density at radius 3 is 2.73 bits per heavy atom. The normalized spacial score (nSPS) is 10.8. The molecule has 0 aliphatic carbocycles. The van der Waals surface area contributed by atoms with Gasteiger partial charge in [0, 0.05) is 25.9 Å². The number of carbonyl (C=O) groups excluding carboxylic acids is 1. The van der Waals surface area contributed by atoms with Crippen molar-refractivity contribution in [1.29, 1.82) is 0 Å². The fraction of sp³-hybridized carbons (Fsp3) is 0.150. The quantitative estimate of drug-likeness (QED) is 0.505. The lowest BCUT2D eigenvalue weighted by atomic mass is 10.2. The molecule has 0 aliphatic heterocycles. The summed E-state index contributed by atoms with van der Waals surface area (Å²) in [5, 5.41) is 9.85. The van der Waals surface area contributed by atoms with Crippen molar-refractivity contribution in [3.05, 3.63) is 71.8 Å². The number of oxazole rings is 1. The molecule has 30 heavy (non-hydrogen) atoms. The molecule has 0 atom stereocenters. The Balaban J connectivity index is 1.48. The van der Waals surface area contributed by atoms with Gasteiger partial charge in [-0.2, -0.15) is 5.10 Å². The highest BCUT2D eigenvalue weighted by atomic mass is 19.1. The Hall–Kier alpha value is -4.08. The van der Waals surface area contributed by atoms with E-state index in [2.05, 4.69) is 30.7 Å². The van der Waals surface area contributed by atoms with Crippen molar-refractivity contribution in [3.8, 4) is 11.4 Å². The Kier molecular flexibility index (Phi) is 5.21. The van der Waals surface area contributed by atoms with Crippen LogP contribution in [-0.4, -0.2) is 30.6 Å². The van der Waals surface area contributed by atoms with E-state index in [1.807, 2.05) is 6.92 Å². The van der Waals surface area contributed by atoms with Gasteiger partial charge in [-0.1, -0.05) is 12.1 Å². The minimum atomic E-state index is -0.481. The first-order chi connectivity index (χ1) is 14.5. The number of carbonyl (C=O) groups is 1. The topological polar surface area (TPSA) is 111 Å². The van der Waals surface area contributed by atoms with Crippen LogP contribution in [0.4, 0.5) is 16.2 Å². The number of nitrogens with one attached hydrogen (secondary N) is 2. The molecule has 4 aromatic rings. The number of rotatable bonds is 6. The molecule has 0 spiro atoms. The molecule has 2 N–H and O–H groups in total. The molecule has 10 heteroatoms. The summed E-state index contributed by atoms with van der Waals surface area (Å²) in [4.78, 5) is 25.3. The molecule has 3 heterocycles. The smallest absolute Gasteiger partial charge is 0.307 e. The van der Waals surface area contributed by atoms with Gasteiger partial charge in [-0.25, -0.2) is 19.3 Å². The number of aryl methyl sites for hydroxylation is 2. The van der Waals surface area contributed by atoms with Crippen LogP contribution in [-0.2, 0) is 13.6 Å². The van der Waals surface area contributed by atoms with Gasteiger partial charge in [0.25, 0.3) is 5.89 Å². The van der Waals surface area contributed by atoms with Gasteiger partial charge in [0.15, 0.2) is 0 Å². The maximum atomic E-state index is 13.0. The molecule has 3 aromatic heterocycles. The maximum Gasteiger partial charge on any atom is 0.307 e. The molecule has 1 aromatic carbocycles. The lowest BCUT2D eigenvalue weighted by molar-refractivity contribution is 0.0916. The number of anilines is 2. The van der Waals surface area contributed by atoms with Crippen molar-refractivity contribution in [2.75, 3.05) is 5.32 Å². The fourth-order valence-electron chi connectivity index (χ4n) is 2.72. The minimum absolute atomic E-state index is 0.0914. The summed E-state index contributed by atoms with van der Waals surface area (Å²) >= 11 is 0. The van der Waals surface area contributed by atoms with Gasteiger partial charge in [0.1, 0.15) is 29.3 Å². The SMILES string of the molecule is Cc1cnc(Nc2ccnn2C)nc1-c1coc(C(=O)NCc2ccc(F)cc2)n1. The second kappa shape index (κ2) is 8.11. The van der Waals surface area contributed by atoms with Crippen LogP contribution in [0, 0.1) is 12.7 Å². The number of amides is 1. The van der Waals surface area contributed by atoms with Gasteiger partial charge in [-0.05, 0) is 30.2 Å². The molecular weight excluding hydrogens is 389 g/mol. The fourth-order valence-corrected chi connectivity index (χ4v) is 2.72. The molecule has 0 bridgehead atoms. The van der Waals surface area contributed by atoms with Crippen LogP contribution in [0.15, 0.2) is 53.4 Å². The summed E-state index contributed by atoms with van der Waals surface area (Å²) in [7, 11) is 1.80. The monoisotopic (exact) mass is 407 g/mol. The lowest BCUT2D eigenvalue weighted by Crippen LogP contribution is -2.23. The molecule has 0 saturated carbocycles. The van der Waals surface area contributed by atoms with E-state index in [9.17, 15) is 9.18 Å². The number of halogens is 1. The molecule has 9 nitrogen and oxygen atoms in total. The van der Waals surface area contributed by atoms with Gasteiger partial charge in [0.05, 0.1) is 6.20 Å². The zero-order chi connectivity index (χ0) is 21.1. The first-order valence-electron chi connectivity index (χ1n) is 9.07. The van der Waals surface area contributed by atoms with E-state index >= 15 is 0 Å². The second-order valence-corrected chi connectivity index (χ2v) is 6.54. The van der Waals surface area contributed by atoms with Crippen molar-refractivity contribution in [2.45, 2.75) is 13.5 Å². The van der Waals surface area contributed by atoms with E-state index < -0.39 is 5.91 Å². The highest BCUT2D eigenvalue weighted by Crippen LogP contribution is 2.22. The molecule has 1 amide bonds. The predicted octanol–water partition coefficient (Wildman–Crippen LogP) is 2.99. The lowest BCUT2D eigenvalue weighted by Gasteiger charge is -2.07. The highest BCUT2D eigenvalue weighted by Gasteiger charge is 2.17. The summed E-state index contributed by atoms with van der Waals surface area (Å²) in [5.41, 5.74) is 2.48. The van der Waals surface area contributed by atoms with E-state index in [1.165, 1.54) is 18.4 Å². The van der Waals surface area contributed by atoms with Crippen LogP contribution < -0.4 is 10.6 Å². The van der Waals surface area contributed by atoms with Crippen molar-refractivity contribution < 1.29 is 13.6 Å². The molecular formula is C20H18FN7O2. The predicted molar refractivity (Wildman–Crippen MR) is 106 cm³/mol. The minimum Gasteiger partial charge on any atom is -0.440 e. The molecule has 152 valence electrons. The number of aromatic nitrogens is 5. The first kappa shape index (κ1) is 19.2. The standard InChI is InChI=1S/C20H18FN7O2/c1-12-9-23-20(26-16-7-8-24-28(16)2)27-17(12)15-11-30-19(25-15)18(29)22-10-13-3-5-14(21)6-4-13/h3-9,11H,10H2,1-2H3,(H,22,29)(H,23,26,27). The van der Waals surface area contributed by atoms with E-state index in [4.69, 9.17) is 4.42 Å². The van der Waals surface area contributed by atoms with Crippen LogP contribution in [0.25, 0.3) is 11.4 Å². The van der Waals surface area contributed by atoms with Crippen LogP contribution in [0.1, 0.15) is 21.8 Å². The van der Waals surface area contributed by atoms with Crippen molar-refractivity contribution in [2.24, 2.45) is 7.05 Å². The van der Waals surface area contributed by atoms with Crippen LogP contribution in [0.3, 0.4) is 0 Å². The number of hydrogen-bond donors (Lipinski definition) is 2. The van der Waals surface area contributed by atoms with Crippen LogP contribution in [0.5, 0.6) is 0 Å². The third-order valence-corrected chi connectivity index (χ3v) is 4.34. The van der Waals surface area contributed by atoms with Gasteiger partial charge in [0.2, 0.25) is 5.95 Å². The van der Waals surface area contributed by atoms with Crippen LogP contribution in [0.2, 0.25) is 0 Å².